The molecule has 0 radical (unpaired) electrons. The summed E-state index contributed by atoms with van der Waals surface area (Å²) in [6.45, 7) is -0.0831. The van der Waals surface area contributed by atoms with Gasteiger partial charge in [-0.1, -0.05) is 15.9 Å². The summed E-state index contributed by atoms with van der Waals surface area (Å²) in [4.78, 5) is 21.5. The first-order valence-corrected chi connectivity index (χ1v) is 5.86. The molecule has 96 valence electrons. The summed E-state index contributed by atoms with van der Waals surface area (Å²) in [5, 5.41) is 11.0. The van der Waals surface area contributed by atoms with Crippen LogP contribution in [0, 0.1) is 0 Å². The zero-order valence-corrected chi connectivity index (χ0v) is 11.2. The summed E-state index contributed by atoms with van der Waals surface area (Å²) in [6.07, 6.45) is 2.47. The van der Waals surface area contributed by atoms with Crippen molar-refractivity contribution in [2.45, 2.75) is 0 Å². The van der Waals surface area contributed by atoms with Gasteiger partial charge in [-0.15, -0.1) is 0 Å². The van der Waals surface area contributed by atoms with Gasteiger partial charge in [-0.25, -0.2) is 4.79 Å². The van der Waals surface area contributed by atoms with E-state index in [0.717, 1.165) is 10.5 Å². The average Bonchev–Trinajstić information content (AvgIpc) is 2.35. The number of carbonyl (C=O) groups excluding carboxylic acids is 1. The van der Waals surface area contributed by atoms with E-state index in [1.54, 1.807) is 18.2 Å². The summed E-state index contributed by atoms with van der Waals surface area (Å²) in [7, 11) is 1.52. The van der Waals surface area contributed by atoms with Crippen LogP contribution in [0.2, 0.25) is 0 Å². The molecular weight excluding hydrogens is 302 g/mol. The number of nitrogens with one attached hydrogen (secondary N) is 1. The number of ether oxygens (including phenoxy) is 1. The molecule has 0 aliphatic heterocycles. The molecule has 0 fully saturated rings. The van der Waals surface area contributed by atoms with Crippen LogP contribution in [0.25, 0.3) is 6.08 Å². The molecular formula is C12H12BrNO4. The van der Waals surface area contributed by atoms with Crippen molar-refractivity contribution in [3.8, 4) is 5.75 Å². The van der Waals surface area contributed by atoms with Gasteiger partial charge in [-0.2, -0.15) is 0 Å². The van der Waals surface area contributed by atoms with Crippen molar-refractivity contribution in [1.82, 2.24) is 5.32 Å². The standard InChI is InChI=1S/C12H12BrNO4/c1-14-11(15)7-18-9-3-4-10(13)8(6-9)2-5-12(16)17/h2-6H,7H2,1H3,(H,14,15)(H,16,17)/b5-2+. The molecule has 5 nitrogen and oxygen atoms in total. The first-order valence-electron chi connectivity index (χ1n) is 5.07. The SMILES string of the molecule is CNC(=O)COc1ccc(Br)c(/C=C/C(=O)O)c1. The fourth-order valence-corrected chi connectivity index (χ4v) is 1.50. The predicted octanol–water partition coefficient (Wildman–Crippen LogP) is 1.67. The lowest BCUT2D eigenvalue weighted by Gasteiger charge is -2.07. The molecule has 0 unspecified atom stereocenters. The van der Waals surface area contributed by atoms with Gasteiger partial charge in [0.25, 0.3) is 5.91 Å². The van der Waals surface area contributed by atoms with E-state index in [1.165, 1.54) is 13.1 Å². The number of benzene rings is 1. The lowest BCUT2D eigenvalue weighted by atomic mass is 10.2. The van der Waals surface area contributed by atoms with Crippen LogP contribution in [0.1, 0.15) is 5.56 Å². The van der Waals surface area contributed by atoms with Gasteiger partial charge in [0, 0.05) is 17.6 Å². The van der Waals surface area contributed by atoms with Crippen molar-refractivity contribution in [2.24, 2.45) is 0 Å². The maximum Gasteiger partial charge on any atom is 0.328 e. The molecule has 0 aliphatic rings. The molecule has 1 aromatic carbocycles. The lowest BCUT2D eigenvalue weighted by Crippen LogP contribution is -2.24. The van der Waals surface area contributed by atoms with Crippen LogP contribution in [-0.4, -0.2) is 30.6 Å². The number of hydrogen-bond acceptors (Lipinski definition) is 3. The van der Waals surface area contributed by atoms with Crippen LogP contribution in [-0.2, 0) is 9.59 Å². The van der Waals surface area contributed by atoms with Crippen LogP contribution in [0.15, 0.2) is 28.7 Å². The summed E-state index contributed by atoms with van der Waals surface area (Å²) in [6, 6.07) is 5.05. The number of likely N-dealkylation sites (N-methyl/N-ethyl adjacent to an activating group) is 1. The highest BCUT2D eigenvalue weighted by atomic mass is 79.9. The molecule has 1 aromatic rings. The Bertz CT molecular complexity index is 485. The molecule has 0 aromatic heterocycles. The van der Waals surface area contributed by atoms with Gasteiger partial charge < -0.3 is 15.2 Å². The van der Waals surface area contributed by atoms with Gasteiger partial charge in [0.05, 0.1) is 0 Å². The van der Waals surface area contributed by atoms with Crippen molar-refractivity contribution in [2.75, 3.05) is 13.7 Å². The number of amides is 1. The zero-order valence-electron chi connectivity index (χ0n) is 9.64. The van der Waals surface area contributed by atoms with E-state index in [2.05, 4.69) is 21.2 Å². The van der Waals surface area contributed by atoms with E-state index >= 15 is 0 Å². The molecule has 0 aliphatic carbocycles. The van der Waals surface area contributed by atoms with Crippen molar-refractivity contribution in [3.63, 3.8) is 0 Å². The summed E-state index contributed by atoms with van der Waals surface area (Å²) >= 11 is 3.30. The Kier molecular flexibility index (Phi) is 5.38. The Balaban J connectivity index is 2.80. The zero-order chi connectivity index (χ0) is 13.5. The quantitative estimate of drug-likeness (QED) is 0.811. The topological polar surface area (TPSA) is 75.6 Å². The number of aliphatic carboxylic acids is 1. The Morgan fingerprint density at radius 1 is 1.50 bits per heavy atom. The van der Waals surface area contributed by atoms with Gasteiger partial charge >= 0.3 is 5.97 Å². The second kappa shape index (κ2) is 6.80. The van der Waals surface area contributed by atoms with E-state index < -0.39 is 5.97 Å². The molecule has 0 bridgehead atoms. The number of carbonyl (C=O) groups is 2. The van der Waals surface area contributed by atoms with Crippen molar-refractivity contribution >= 4 is 33.9 Å². The highest BCUT2D eigenvalue weighted by Gasteiger charge is 2.03. The van der Waals surface area contributed by atoms with Gasteiger partial charge in [-0.3, -0.25) is 4.79 Å². The number of halogens is 1. The monoisotopic (exact) mass is 313 g/mol. The molecule has 1 amide bonds. The summed E-state index contributed by atoms with van der Waals surface area (Å²) in [5.41, 5.74) is 0.659. The van der Waals surface area contributed by atoms with Gasteiger partial charge in [0.2, 0.25) is 0 Å². The van der Waals surface area contributed by atoms with Gasteiger partial charge in [0.1, 0.15) is 5.75 Å². The van der Waals surface area contributed by atoms with Crippen LogP contribution in [0.3, 0.4) is 0 Å². The minimum Gasteiger partial charge on any atom is -0.484 e. The Morgan fingerprint density at radius 3 is 2.83 bits per heavy atom. The molecule has 0 heterocycles. The minimum atomic E-state index is -1.03. The minimum absolute atomic E-state index is 0.0831. The maximum absolute atomic E-state index is 11.0. The molecule has 2 N–H and O–H groups in total. The molecule has 1 rings (SSSR count). The fraction of sp³-hybridized carbons (Fsp3) is 0.167. The normalized spacial score (nSPS) is 10.3. The van der Waals surface area contributed by atoms with E-state index in [4.69, 9.17) is 9.84 Å². The van der Waals surface area contributed by atoms with Gasteiger partial charge in [-0.05, 0) is 29.8 Å². The third kappa shape index (κ3) is 4.58. The van der Waals surface area contributed by atoms with Crippen LogP contribution in [0.4, 0.5) is 0 Å². The maximum atomic E-state index is 11.0. The first kappa shape index (κ1) is 14.2. The Labute approximate surface area is 113 Å². The molecule has 0 atom stereocenters. The summed E-state index contributed by atoms with van der Waals surface area (Å²) < 4.78 is 5.99. The molecule has 0 saturated carbocycles. The largest absolute Gasteiger partial charge is 0.484 e. The summed E-state index contributed by atoms with van der Waals surface area (Å²) in [5.74, 6) is -0.772. The van der Waals surface area contributed by atoms with Crippen LogP contribution >= 0.6 is 15.9 Å². The van der Waals surface area contributed by atoms with Crippen LogP contribution in [0.5, 0.6) is 5.75 Å². The first-order chi connectivity index (χ1) is 8.52. The van der Waals surface area contributed by atoms with E-state index in [1.807, 2.05) is 0 Å². The fourth-order valence-electron chi connectivity index (χ4n) is 1.12. The third-order valence-electron chi connectivity index (χ3n) is 2.02. The Morgan fingerprint density at radius 2 is 2.22 bits per heavy atom. The Hall–Kier alpha value is -1.82. The van der Waals surface area contributed by atoms with Crippen molar-refractivity contribution < 1.29 is 19.4 Å². The average molecular weight is 314 g/mol. The molecule has 18 heavy (non-hydrogen) atoms. The highest BCUT2D eigenvalue weighted by Crippen LogP contribution is 2.23. The second-order valence-corrected chi connectivity index (χ2v) is 4.17. The third-order valence-corrected chi connectivity index (χ3v) is 2.74. The predicted molar refractivity (Wildman–Crippen MR) is 70.4 cm³/mol. The van der Waals surface area contributed by atoms with Gasteiger partial charge in [0.15, 0.2) is 6.61 Å². The van der Waals surface area contributed by atoms with E-state index in [0.29, 0.717) is 11.3 Å². The van der Waals surface area contributed by atoms with E-state index in [-0.39, 0.29) is 12.5 Å². The molecule has 6 heteroatoms. The number of carboxylic acid groups (broad SMARTS) is 1. The van der Waals surface area contributed by atoms with Crippen molar-refractivity contribution in [3.05, 3.63) is 34.3 Å². The van der Waals surface area contributed by atoms with Crippen molar-refractivity contribution in [1.29, 1.82) is 0 Å². The smallest absolute Gasteiger partial charge is 0.328 e. The molecule has 0 spiro atoms. The number of hydrogen-bond donors (Lipinski definition) is 2. The number of rotatable bonds is 5. The lowest BCUT2D eigenvalue weighted by molar-refractivity contribution is -0.131. The van der Waals surface area contributed by atoms with E-state index in [9.17, 15) is 9.59 Å². The highest BCUT2D eigenvalue weighted by molar-refractivity contribution is 9.10. The number of carboxylic acids is 1. The van der Waals surface area contributed by atoms with Crippen LogP contribution < -0.4 is 10.1 Å². The molecule has 0 saturated heterocycles. The second-order valence-electron chi connectivity index (χ2n) is 3.32.